The third kappa shape index (κ3) is 3.35. The first-order valence-electron chi connectivity index (χ1n) is 8.93. The van der Waals surface area contributed by atoms with E-state index in [2.05, 4.69) is 29.0 Å². The average Bonchev–Trinajstić information content (AvgIpc) is 2.99. The molecule has 0 saturated carbocycles. The van der Waals surface area contributed by atoms with Crippen molar-refractivity contribution in [3.05, 3.63) is 65.5 Å². The largest absolute Gasteiger partial charge is 0.340 e. The van der Waals surface area contributed by atoms with E-state index in [-0.39, 0.29) is 16.9 Å². The zero-order chi connectivity index (χ0) is 19.9. The molecule has 2 heterocycles. The van der Waals surface area contributed by atoms with E-state index in [1.807, 2.05) is 6.07 Å². The molecule has 1 aromatic heterocycles. The lowest BCUT2D eigenvalue weighted by molar-refractivity contribution is 0.292. The molecule has 1 aliphatic heterocycles. The zero-order valence-corrected chi connectivity index (χ0v) is 15.6. The van der Waals surface area contributed by atoms with Crippen LogP contribution in [0.1, 0.15) is 25.2 Å². The third-order valence-electron chi connectivity index (χ3n) is 4.80. The van der Waals surface area contributed by atoms with Gasteiger partial charge in [0.25, 0.3) is 0 Å². The number of benzene rings is 2. The Kier molecular flexibility index (Phi) is 4.36. The number of fused-ring (bicyclic) bond motifs is 1. The second kappa shape index (κ2) is 6.73. The first-order valence-corrected chi connectivity index (χ1v) is 8.93. The predicted molar refractivity (Wildman–Crippen MR) is 103 cm³/mol. The number of aromatic nitrogens is 2. The van der Waals surface area contributed by atoms with Crippen molar-refractivity contribution in [2.24, 2.45) is 0 Å². The van der Waals surface area contributed by atoms with Crippen molar-refractivity contribution in [3.63, 3.8) is 0 Å². The molecule has 3 aromatic rings. The zero-order valence-electron chi connectivity index (χ0n) is 15.6. The number of nitrogens with one attached hydrogen (secondary N) is 2. The van der Waals surface area contributed by atoms with Gasteiger partial charge in [-0.2, -0.15) is 5.26 Å². The average molecular weight is 379 g/mol. The van der Waals surface area contributed by atoms with E-state index in [0.29, 0.717) is 30.3 Å². The van der Waals surface area contributed by atoms with E-state index >= 15 is 0 Å². The Hall–Kier alpha value is -3.24. The van der Waals surface area contributed by atoms with Gasteiger partial charge in [-0.1, -0.05) is 0 Å². The summed E-state index contributed by atoms with van der Waals surface area (Å²) in [7, 11) is 0. The maximum atomic E-state index is 14.1. The molecule has 28 heavy (non-hydrogen) atoms. The van der Waals surface area contributed by atoms with Gasteiger partial charge in [-0.05, 0) is 56.3 Å². The molecule has 2 N–H and O–H groups in total. The molecule has 7 heteroatoms. The molecule has 5 nitrogen and oxygen atoms in total. The van der Waals surface area contributed by atoms with Gasteiger partial charge in [0.2, 0.25) is 0 Å². The Morgan fingerprint density at radius 1 is 1.18 bits per heavy atom. The molecule has 0 bridgehead atoms. The highest BCUT2D eigenvalue weighted by Crippen LogP contribution is 2.34. The molecule has 142 valence electrons. The summed E-state index contributed by atoms with van der Waals surface area (Å²) in [5.74, 6) is 0.644. The Morgan fingerprint density at radius 3 is 2.61 bits per heavy atom. The fourth-order valence-electron chi connectivity index (χ4n) is 3.33. The van der Waals surface area contributed by atoms with Gasteiger partial charge >= 0.3 is 0 Å². The van der Waals surface area contributed by atoms with Crippen molar-refractivity contribution >= 4 is 11.5 Å². The molecular formula is C21H19F2N5. The van der Waals surface area contributed by atoms with Crippen LogP contribution in [0.3, 0.4) is 0 Å². The highest BCUT2D eigenvalue weighted by molar-refractivity contribution is 5.76. The van der Waals surface area contributed by atoms with E-state index < -0.39 is 5.82 Å². The molecule has 0 saturated heterocycles. The van der Waals surface area contributed by atoms with Gasteiger partial charge < -0.3 is 15.2 Å². The lowest BCUT2D eigenvalue weighted by Crippen LogP contribution is -2.47. The van der Waals surface area contributed by atoms with E-state index in [1.54, 1.807) is 18.2 Å². The molecular weight excluding hydrogens is 360 g/mol. The summed E-state index contributed by atoms with van der Waals surface area (Å²) < 4.78 is 29.5. The van der Waals surface area contributed by atoms with Crippen molar-refractivity contribution in [1.82, 2.24) is 14.9 Å². The van der Waals surface area contributed by atoms with E-state index in [0.717, 1.165) is 11.4 Å². The fraction of sp³-hybridized carbons (Fsp3) is 0.238. The summed E-state index contributed by atoms with van der Waals surface area (Å²) >= 11 is 0. The number of imidazole rings is 1. The fourth-order valence-corrected chi connectivity index (χ4v) is 3.33. The summed E-state index contributed by atoms with van der Waals surface area (Å²) in [4.78, 5) is 4.74. The second-order valence-corrected chi connectivity index (χ2v) is 7.49. The van der Waals surface area contributed by atoms with Gasteiger partial charge in [0.05, 0.1) is 12.1 Å². The number of hydrogen-bond donors (Lipinski definition) is 2. The molecule has 0 unspecified atom stereocenters. The molecule has 2 aromatic carbocycles. The van der Waals surface area contributed by atoms with Crippen LogP contribution >= 0.6 is 0 Å². The predicted octanol–water partition coefficient (Wildman–Crippen LogP) is 4.33. The van der Waals surface area contributed by atoms with Crippen LogP contribution in [0.25, 0.3) is 11.3 Å². The number of nitriles is 1. The van der Waals surface area contributed by atoms with E-state index in [4.69, 9.17) is 10.2 Å². The first kappa shape index (κ1) is 18.1. The SMILES string of the molecule is CC1(C)Cn2c(nc(-c3ccc(F)cc3)c2Nc2ccc(C#N)c(F)c2)CN1. The third-order valence-corrected chi connectivity index (χ3v) is 4.80. The number of halogens is 2. The van der Waals surface area contributed by atoms with Crippen molar-refractivity contribution in [2.45, 2.75) is 32.5 Å². The van der Waals surface area contributed by atoms with Crippen molar-refractivity contribution in [3.8, 4) is 17.3 Å². The molecule has 1 aliphatic rings. The minimum absolute atomic E-state index is 0.00930. The lowest BCUT2D eigenvalue weighted by atomic mass is 10.0. The monoisotopic (exact) mass is 379 g/mol. The highest BCUT2D eigenvalue weighted by Gasteiger charge is 2.29. The van der Waals surface area contributed by atoms with Crippen LogP contribution in [0.5, 0.6) is 0 Å². The van der Waals surface area contributed by atoms with E-state index in [1.165, 1.54) is 24.3 Å². The van der Waals surface area contributed by atoms with Crippen molar-refractivity contribution in [1.29, 1.82) is 5.26 Å². The number of hydrogen-bond acceptors (Lipinski definition) is 4. The Balaban J connectivity index is 1.82. The van der Waals surface area contributed by atoms with Crippen LogP contribution in [0.2, 0.25) is 0 Å². The number of rotatable bonds is 3. The van der Waals surface area contributed by atoms with Gasteiger partial charge in [-0.15, -0.1) is 0 Å². The quantitative estimate of drug-likeness (QED) is 0.711. The van der Waals surface area contributed by atoms with Crippen LogP contribution in [-0.4, -0.2) is 15.1 Å². The van der Waals surface area contributed by atoms with Gasteiger partial charge in [0.15, 0.2) is 0 Å². The molecule has 0 spiro atoms. The van der Waals surface area contributed by atoms with Crippen molar-refractivity contribution in [2.75, 3.05) is 5.32 Å². The summed E-state index contributed by atoms with van der Waals surface area (Å²) in [6, 6.07) is 12.3. The van der Waals surface area contributed by atoms with Gasteiger partial charge in [-0.3, -0.25) is 0 Å². The normalized spacial score (nSPS) is 15.0. The summed E-state index contributed by atoms with van der Waals surface area (Å²) in [5.41, 5.74) is 1.79. The minimum atomic E-state index is -0.587. The highest BCUT2D eigenvalue weighted by atomic mass is 19.1. The molecule has 0 atom stereocenters. The van der Waals surface area contributed by atoms with Crippen LogP contribution in [0, 0.1) is 23.0 Å². The summed E-state index contributed by atoms with van der Waals surface area (Å²) in [6.45, 7) is 5.44. The maximum Gasteiger partial charge on any atom is 0.143 e. The topological polar surface area (TPSA) is 65.7 Å². The Morgan fingerprint density at radius 2 is 1.93 bits per heavy atom. The smallest absolute Gasteiger partial charge is 0.143 e. The molecule has 0 aliphatic carbocycles. The first-order chi connectivity index (χ1) is 13.4. The summed E-state index contributed by atoms with van der Waals surface area (Å²) in [5, 5.41) is 15.6. The van der Waals surface area contributed by atoms with Gasteiger partial charge in [0.1, 0.15) is 35.0 Å². The molecule has 0 radical (unpaired) electrons. The number of nitrogens with zero attached hydrogens (tertiary/aromatic N) is 3. The van der Waals surface area contributed by atoms with Gasteiger partial charge in [-0.25, -0.2) is 13.8 Å². The minimum Gasteiger partial charge on any atom is -0.340 e. The Bertz CT molecular complexity index is 1080. The molecule has 0 amide bonds. The van der Waals surface area contributed by atoms with Crippen LogP contribution in [-0.2, 0) is 13.1 Å². The van der Waals surface area contributed by atoms with E-state index in [9.17, 15) is 8.78 Å². The lowest BCUT2D eigenvalue weighted by Gasteiger charge is -2.33. The Labute approximate surface area is 161 Å². The van der Waals surface area contributed by atoms with Crippen LogP contribution in [0.4, 0.5) is 20.3 Å². The maximum absolute atomic E-state index is 14.1. The summed E-state index contributed by atoms with van der Waals surface area (Å²) in [6.07, 6.45) is 0. The van der Waals surface area contributed by atoms with Crippen LogP contribution < -0.4 is 10.6 Å². The number of anilines is 2. The van der Waals surface area contributed by atoms with Crippen molar-refractivity contribution < 1.29 is 8.78 Å². The standard InChI is InChI=1S/C21H19F2N5/c1-21(2)12-28-18(11-25-21)27-19(13-3-6-15(22)7-4-13)20(28)26-16-8-5-14(10-24)17(23)9-16/h3-9,25-26H,11-12H2,1-2H3. The van der Waals surface area contributed by atoms with Crippen LogP contribution in [0.15, 0.2) is 42.5 Å². The second-order valence-electron chi connectivity index (χ2n) is 7.49. The molecule has 0 fully saturated rings. The molecule has 4 rings (SSSR count). The van der Waals surface area contributed by atoms with Gasteiger partial charge in [0, 0.05) is 23.3 Å².